The molecule has 2 aliphatic heterocycles. The highest BCUT2D eigenvalue weighted by molar-refractivity contribution is 5.81. The monoisotopic (exact) mass is 305 g/mol. The summed E-state index contributed by atoms with van der Waals surface area (Å²) in [6.07, 6.45) is 0. The van der Waals surface area contributed by atoms with Crippen LogP contribution in [0.15, 0.2) is 29.3 Å². The maximum atomic E-state index is 13.0. The van der Waals surface area contributed by atoms with Gasteiger partial charge in [-0.3, -0.25) is 9.89 Å². The molecule has 0 unspecified atom stereocenters. The van der Waals surface area contributed by atoms with Crippen molar-refractivity contribution in [2.75, 3.05) is 64.3 Å². The topological polar surface area (TPSA) is 34.1 Å². The van der Waals surface area contributed by atoms with E-state index in [0.29, 0.717) is 0 Å². The van der Waals surface area contributed by atoms with Crippen LogP contribution in [0.2, 0.25) is 0 Å². The fourth-order valence-corrected chi connectivity index (χ4v) is 2.93. The van der Waals surface area contributed by atoms with Gasteiger partial charge in [0.15, 0.2) is 5.96 Å². The molecule has 6 heteroatoms. The van der Waals surface area contributed by atoms with Crippen LogP contribution >= 0.6 is 0 Å². The number of guanidine groups is 1. The van der Waals surface area contributed by atoms with Crippen molar-refractivity contribution >= 4 is 11.6 Å². The van der Waals surface area contributed by atoms with Crippen molar-refractivity contribution in [3.8, 4) is 0 Å². The number of hydrogen-bond acceptors (Lipinski definition) is 5. The zero-order chi connectivity index (χ0) is 15.4. The minimum absolute atomic E-state index is 0.173. The van der Waals surface area contributed by atoms with E-state index in [4.69, 9.17) is 0 Å². The lowest BCUT2D eigenvalue weighted by Gasteiger charge is -2.36. The van der Waals surface area contributed by atoms with Crippen molar-refractivity contribution in [2.24, 2.45) is 4.99 Å². The van der Waals surface area contributed by atoms with Crippen LogP contribution < -0.4 is 10.2 Å². The summed E-state index contributed by atoms with van der Waals surface area (Å²) in [6, 6.07) is 6.79. The number of anilines is 1. The first-order valence-corrected chi connectivity index (χ1v) is 7.95. The number of rotatable bonds is 4. The molecular formula is C16H24FN5. The molecule has 1 N–H and O–H groups in total. The molecule has 5 nitrogen and oxygen atoms in total. The molecule has 22 heavy (non-hydrogen) atoms. The second kappa shape index (κ2) is 6.96. The number of aliphatic imine (C=N–C) groups is 1. The smallest absolute Gasteiger partial charge is 0.193 e. The average molecular weight is 305 g/mol. The minimum atomic E-state index is -0.173. The molecule has 120 valence electrons. The predicted molar refractivity (Wildman–Crippen MR) is 88.0 cm³/mol. The van der Waals surface area contributed by atoms with E-state index < -0.39 is 0 Å². The summed E-state index contributed by atoms with van der Waals surface area (Å²) in [7, 11) is 2.07. The van der Waals surface area contributed by atoms with Crippen molar-refractivity contribution < 1.29 is 4.39 Å². The molecule has 1 aromatic carbocycles. The van der Waals surface area contributed by atoms with Crippen molar-refractivity contribution in [2.45, 2.75) is 0 Å². The van der Waals surface area contributed by atoms with Gasteiger partial charge in [-0.05, 0) is 24.3 Å². The highest BCUT2D eigenvalue weighted by Crippen LogP contribution is 2.16. The number of piperazine rings is 1. The van der Waals surface area contributed by atoms with E-state index in [2.05, 4.69) is 32.1 Å². The van der Waals surface area contributed by atoms with E-state index in [1.807, 2.05) is 12.1 Å². The van der Waals surface area contributed by atoms with Crippen LogP contribution in [0.1, 0.15) is 0 Å². The summed E-state index contributed by atoms with van der Waals surface area (Å²) in [5.74, 6) is 0.846. The number of halogens is 1. The third-order valence-electron chi connectivity index (χ3n) is 4.33. The van der Waals surface area contributed by atoms with Crippen LogP contribution in [-0.2, 0) is 0 Å². The number of likely N-dealkylation sites (N-methyl/N-ethyl adjacent to an activating group) is 1. The second-order valence-electron chi connectivity index (χ2n) is 5.86. The summed E-state index contributed by atoms with van der Waals surface area (Å²) < 4.78 is 13.0. The molecule has 0 radical (unpaired) electrons. The molecule has 1 fully saturated rings. The van der Waals surface area contributed by atoms with E-state index in [1.54, 1.807) is 0 Å². The van der Waals surface area contributed by atoms with Crippen molar-refractivity contribution in [3.05, 3.63) is 30.1 Å². The van der Waals surface area contributed by atoms with Crippen LogP contribution in [0, 0.1) is 5.82 Å². The molecular weight excluding hydrogens is 281 g/mol. The van der Waals surface area contributed by atoms with Gasteiger partial charge in [-0.1, -0.05) is 0 Å². The average Bonchev–Trinajstić information content (AvgIpc) is 2.94. The summed E-state index contributed by atoms with van der Waals surface area (Å²) >= 11 is 0. The lowest BCUT2D eigenvalue weighted by atomic mass is 10.2. The van der Waals surface area contributed by atoms with Crippen molar-refractivity contribution in [1.29, 1.82) is 0 Å². The van der Waals surface area contributed by atoms with Crippen LogP contribution in [0.25, 0.3) is 0 Å². The van der Waals surface area contributed by atoms with Crippen molar-refractivity contribution in [1.82, 2.24) is 15.1 Å². The van der Waals surface area contributed by atoms with Gasteiger partial charge in [0.25, 0.3) is 0 Å². The molecule has 2 heterocycles. The van der Waals surface area contributed by atoms with E-state index >= 15 is 0 Å². The van der Waals surface area contributed by atoms with Crippen LogP contribution in [0.3, 0.4) is 0 Å². The van der Waals surface area contributed by atoms with Gasteiger partial charge >= 0.3 is 0 Å². The molecule has 1 saturated heterocycles. The third kappa shape index (κ3) is 3.68. The molecule has 0 saturated carbocycles. The number of nitrogens with one attached hydrogen (secondary N) is 1. The Labute approximate surface area is 131 Å². The Balaban J connectivity index is 1.39. The fourth-order valence-electron chi connectivity index (χ4n) is 2.93. The van der Waals surface area contributed by atoms with Crippen LogP contribution in [-0.4, -0.2) is 75.2 Å². The Morgan fingerprint density at radius 2 is 1.82 bits per heavy atom. The first kappa shape index (κ1) is 15.1. The lowest BCUT2D eigenvalue weighted by Crippen LogP contribution is -2.49. The highest BCUT2D eigenvalue weighted by atomic mass is 19.1. The standard InChI is InChI=1S/C16H24FN5/c1-20-8-6-18-16(20)19-7-9-21-10-12-22(13-11-21)15-4-2-14(17)3-5-15/h2-5H,6-13H2,1H3,(H,18,19). The summed E-state index contributed by atoms with van der Waals surface area (Å²) in [6.45, 7) is 7.94. The molecule has 0 bridgehead atoms. The Bertz CT molecular complexity index is 508. The lowest BCUT2D eigenvalue weighted by molar-refractivity contribution is 0.261. The molecule has 0 amide bonds. The first-order valence-electron chi connectivity index (χ1n) is 7.95. The molecule has 3 rings (SSSR count). The Hall–Kier alpha value is -1.82. The number of nitrogens with zero attached hydrogens (tertiary/aromatic N) is 4. The zero-order valence-corrected chi connectivity index (χ0v) is 13.1. The third-order valence-corrected chi connectivity index (χ3v) is 4.33. The van der Waals surface area contributed by atoms with Crippen LogP contribution in [0.5, 0.6) is 0 Å². The van der Waals surface area contributed by atoms with Gasteiger partial charge in [0.2, 0.25) is 0 Å². The van der Waals surface area contributed by atoms with E-state index in [1.165, 1.54) is 12.1 Å². The Morgan fingerprint density at radius 1 is 1.09 bits per heavy atom. The Morgan fingerprint density at radius 3 is 2.45 bits per heavy atom. The number of hydrogen-bond donors (Lipinski definition) is 1. The van der Waals surface area contributed by atoms with Gasteiger partial charge in [0.05, 0.1) is 6.54 Å². The SMILES string of the molecule is CN1CCN=C1NCCN1CCN(c2ccc(F)cc2)CC1. The predicted octanol–water partition coefficient (Wildman–Crippen LogP) is 0.839. The molecule has 0 spiro atoms. The van der Waals surface area contributed by atoms with Gasteiger partial charge in [0, 0.05) is 58.5 Å². The fraction of sp³-hybridized carbons (Fsp3) is 0.562. The number of benzene rings is 1. The maximum Gasteiger partial charge on any atom is 0.193 e. The van der Waals surface area contributed by atoms with Crippen molar-refractivity contribution in [3.63, 3.8) is 0 Å². The molecule has 1 aromatic rings. The first-order chi connectivity index (χ1) is 10.7. The molecule has 0 atom stereocenters. The Kier molecular flexibility index (Phi) is 4.77. The highest BCUT2D eigenvalue weighted by Gasteiger charge is 2.17. The van der Waals surface area contributed by atoms with Gasteiger partial charge in [-0.25, -0.2) is 4.39 Å². The minimum Gasteiger partial charge on any atom is -0.369 e. The second-order valence-corrected chi connectivity index (χ2v) is 5.86. The van der Waals surface area contributed by atoms with Crippen LogP contribution in [0.4, 0.5) is 10.1 Å². The van der Waals surface area contributed by atoms with E-state index in [0.717, 1.165) is 64.0 Å². The zero-order valence-electron chi connectivity index (χ0n) is 13.1. The summed E-state index contributed by atoms with van der Waals surface area (Å²) in [5.41, 5.74) is 1.11. The van der Waals surface area contributed by atoms with E-state index in [9.17, 15) is 4.39 Å². The molecule has 0 aromatic heterocycles. The van der Waals surface area contributed by atoms with Gasteiger partial charge in [-0.15, -0.1) is 0 Å². The maximum absolute atomic E-state index is 13.0. The largest absolute Gasteiger partial charge is 0.369 e. The summed E-state index contributed by atoms with van der Waals surface area (Å²) in [5, 5.41) is 3.41. The normalized spacial score (nSPS) is 19.5. The van der Waals surface area contributed by atoms with Gasteiger partial charge < -0.3 is 15.1 Å². The van der Waals surface area contributed by atoms with Gasteiger partial charge in [0.1, 0.15) is 5.82 Å². The summed E-state index contributed by atoms with van der Waals surface area (Å²) in [4.78, 5) is 11.4. The molecule has 0 aliphatic carbocycles. The quantitative estimate of drug-likeness (QED) is 0.894. The van der Waals surface area contributed by atoms with E-state index in [-0.39, 0.29) is 5.82 Å². The van der Waals surface area contributed by atoms with Gasteiger partial charge in [-0.2, -0.15) is 0 Å². The molecule has 2 aliphatic rings.